The van der Waals surface area contributed by atoms with Crippen LogP contribution in [0.5, 0.6) is 0 Å². The second-order valence-corrected chi connectivity index (χ2v) is 9.90. The largest absolute Gasteiger partial charge is 0.322 e. The zero-order valence-electron chi connectivity index (χ0n) is 17.2. The fraction of sp³-hybridized carbons (Fsp3) is 0.250. The van der Waals surface area contributed by atoms with Crippen LogP contribution in [0.3, 0.4) is 0 Å². The molecule has 0 bridgehead atoms. The number of aromatic nitrogens is 3. The monoisotopic (exact) mass is 445 g/mol. The Morgan fingerprint density at radius 1 is 1.13 bits per heavy atom. The van der Waals surface area contributed by atoms with E-state index in [1.807, 2.05) is 44.2 Å². The molecule has 1 aromatic carbocycles. The van der Waals surface area contributed by atoms with Gasteiger partial charge in [0.05, 0.1) is 33.5 Å². The molecule has 8 nitrogen and oxygen atoms in total. The Hall–Kier alpha value is -2.69. The summed E-state index contributed by atoms with van der Waals surface area (Å²) < 4.78 is 27.1. The van der Waals surface area contributed by atoms with Gasteiger partial charge in [0.25, 0.3) is 0 Å². The highest BCUT2D eigenvalue weighted by Crippen LogP contribution is 2.24. The van der Waals surface area contributed by atoms with Gasteiger partial charge in [-0.05, 0) is 38.1 Å². The van der Waals surface area contributed by atoms with Crippen LogP contribution in [0.2, 0.25) is 0 Å². The molecule has 0 atom stereocenters. The Labute approximate surface area is 180 Å². The molecule has 10 heteroatoms. The first-order valence-corrected chi connectivity index (χ1v) is 11.6. The van der Waals surface area contributed by atoms with Gasteiger partial charge in [0, 0.05) is 20.3 Å². The van der Waals surface area contributed by atoms with Crippen molar-refractivity contribution < 1.29 is 13.2 Å². The Kier molecular flexibility index (Phi) is 6.59. The molecule has 1 N–H and O–H groups in total. The smallest absolute Gasteiger partial charge is 0.244 e. The highest BCUT2D eigenvalue weighted by atomic mass is 32.2. The van der Waals surface area contributed by atoms with E-state index in [4.69, 9.17) is 0 Å². The molecule has 1 amide bonds. The van der Waals surface area contributed by atoms with E-state index in [0.29, 0.717) is 10.7 Å². The second-order valence-electron chi connectivity index (χ2n) is 6.75. The number of amides is 1. The second kappa shape index (κ2) is 8.99. The van der Waals surface area contributed by atoms with Crippen molar-refractivity contribution in [3.8, 4) is 5.69 Å². The summed E-state index contributed by atoms with van der Waals surface area (Å²) >= 11 is 1.23. The van der Waals surface area contributed by atoms with Gasteiger partial charge in [0.1, 0.15) is 4.90 Å². The molecule has 0 spiro atoms. The summed E-state index contributed by atoms with van der Waals surface area (Å²) in [6.07, 6.45) is 1.30. The lowest BCUT2D eigenvalue weighted by atomic mass is 10.3. The van der Waals surface area contributed by atoms with Gasteiger partial charge in [0.15, 0.2) is 0 Å². The lowest BCUT2D eigenvalue weighted by Crippen LogP contribution is -2.22. The molecule has 0 aliphatic carbocycles. The quantitative estimate of drug-likeness (QED) is 0.562. The maximum absolute atomic E-state index is 12.5. The minimum Gasteiger partial charge on any atom is -0.322 e. The first kappa shape index (κ1) is 22.0. The van der Waals surface area contributed by atoms with Crippen molar-refractivity contribution >= 4 is 33.4 Å². The number of carbonyl (C=O) groups excluding carboxylic acids is 1. The summed E-state index contributed by atoms with van der Waals surface area (Å²) in [7, 11) is -0.594. The third-order valence-electron chi connectivity index (χ3n) is 4.40. The zero-order chi connectivity index (χ0) is 21.9. The van der Waals surface area contributed by atoms with Crippen molar-refractivity contribution in [2.45, 2.75) is 23.8 Å². The van der Waals surface area contributed by atoms with E-state index in [0.717, 1.165) is 21.4 Å². The topological polar surface area (TPSA) is 97.2 Å². The Balaban J connectivity index is 1.65. The molecule has 0 saturated carbocycles. The standard InChI is InChI=1S/C20H23N5O3S2/c1-14-20(15(2)25(23-14)16-8-6-5-7-9-16)22-18(26)13-29-19-11-10-17(12-21-19)30(27,28)24(3)4/h5-12H,13H2,1-4H3,(H,22,26). The molecular weight excluding hydrogens is 422 g/mol. The lowest BCUT2D eigenvalue weighted by molar-refractivity contribution is -0.113. The number of aryl methyl sites for hydroxylation is 1. The van der Waals surface area contributed by atoms with E-state index >= 15 is 0 Å². The molecule has 2 aromatic heterocycles. The fourth-order valence-electron chi connectivity index (χ4n) is 2.77. The number of hydrogen-bond donors (Lipinski definition) is 1. The van der Waals surface area contributed by atoms with Crippen LogP contribution in [0.4, 0.5) is 5.69 Å². The SMILES string of the molecule is Cc1nn(-c2ccccc2)c(C)c1NC(=O)CSc1ccc(S(=O)(=O)N(C)C)cn1. The average Bonchev–Trinajstić information content (AvgIpc) is 3.01. The normalized spacial score (nSPS) is 11.6. The number of rotatable bonds is 7. The zero-order valence-corrected chi connectivity index (χ0v) is 18.8. The van der Waals surface area contributed by atoms with Crippen LogP contribution in [0, 0.1) is 13.8 Å². The molecule has 0 saturated heterocycles. The van der Waals surface area contributed by atoms with Gasteiger partial charge < -0.3 is 5.32 Å². The molecule has 158 valence electrons. The van der Waals surface area contributed by atoms with E-state index in [1.165, 1.54) is 38.1 Å². The average molecular weight is 446 g/mol. The molecule has 0 aliphatic heterocycles. The molecule has 3 aromatic rings. The van der Waals surface area contributed by atoms with Crippen LogP contribution in [-0.4, -0.2) is 53.2 Å². The minimum atomic E-state index is -3.52. The molecule has 3 rings (SSSR count). The first-order chi connectivity index (χ1) is 14.2. The Morgan fingerprint density at radius 3 is 2.43 bits per heavy atom. The molecule has 0 aliphatic rings. The van der Waals surface area contributed by atoms with Crippen molar-refractivity contribution in [1.29, 1.82) is 0 Å². The number of nitrogens with zero attached hydrogens (tertiary/aromatic N) is 4. The molecule has 30 heavy (non-hydrogen) atoms. The van der Waals surface area contributed by atoms with Gasteiger partial charge in [0.2, 0.25) is 15.9 Å². The van der Waals surface area contributed by atoms with Crippen LogP contribution in [0.25, 0.3) is 5.69 Å². The van der Waals surface area contributed by atoms with Crippen LogP contribution in [-0.2, 0) is 14.8 Å². The Morgan fingerprint density at radius 2 is 1.83 bits per heavy atom. The molecule has 2 heterocycles. The third kappa shape index (κ3) is 4.72. The summed E-state index contributed by atoms with van der Waals surface area (Å²) in [5.41, 5.74) is 3.18. The number of para-hydroxylation sites is 1. The van der Waals surface area contributed by atoms with Crippen molar-refractivity contribution in [3.05, 3.63) is 60.0 Å². The van der Waals surface area contributed by atoms with Gasteiger partial charge >= 0.3 is 0 Å². The van der Waals surface area contributed by atoms with Gasteiger partial charge in [-0.15, -0.1) is 0 Å². The Bertz CT molecular complexity index is 1140. The van der Waals surface area contributed by atoms with Crippen molar-refractivity contribution in [3.63, 3.8) is 0 Å². The van der Waals surface area contributed by atoms with Crippen molar-refractivity contribution in [2.75, 3.05) is 25.2 Å². The first-order valence-electron chi connectivity index (χ1n) is 9.13. The van der Waals surface area contributed by atoms with E-state index in [1.54, 1.807) is 10.7 Å². The minimum absolute atomic E-state index is 0.112. The molecule has 0 unspecified atom stereocenters. The highest BCUT2D eigenvalue weighted by molar-refractivity contribution is 7.99. The number of thioether (sulfide) groups is 1. The summed E-state index contributed by atoms with van der Waals surface area (Å²) in [5.74, 6) is -0.0482. The molecule has 0 radical (unpaired) electrons. The lowest BCUT2D eigenvalue weighted by Gasteiger charge is -2.11. The number of anilines is 1. The predicted octanol–water partition coefficient (Wildman–Crippen LogP) is 2.87. The van der Waals surface area contributed by atoms with Crippen LogP contribution in [0.1, 0.15) is 11.4 Å². The van der Waals surface area contributed by atoms with Crippen molar-refractivity contribution in [2.24, 2.45) is 0 Å². The number of benzene rings is 1. The summed E-state index contributed by atoms with van der Waals surface area (Å²) in [6, 6.07) is 12.8. The van der Waals surface area contributed by atoms with Crippen LogP contribution in [0.15, 0.2) is 58.6 Å². The maximum atomic E-state index is 12.5. The fourth-order valence-corrected chi connectivity index (χ4v) is 4.26. The van der Waals surface area contributed by atoms with E-state index in [9.17, 15) is 13.2 Å². The number of carbonyl (C=O) groups is 1. The van der Waals surface area contributed by atoms with Crippen LogP contribution < -0.4 is 5.32 Å². The summed E-state index contributed by atoms with van der Waals surface area (Å²) in [6.45, 7) is 3.75. The van der Waals surface area contributed by atoms with E-state index < -0.39 is 10.0 Å². The molecule has 0 fully saturated rings. The summed E-state index contributed by atoms with van der Waals surface area (Å²) in [4.78, 5) is 16.7. The summed E-state index contributed by atoms with van der Waals surface area (Å²) in [5, 5.41) is 8.00. The number of pyridine rings is 1. The highest BCUT2D eigenvalue weighted by Gasteiger charge is 2.18. The van der Waals surface area contributed by atoms with Gasteiger partial charge in [-0.25, -0.2) is 22.4 Å². The van der Waals surface area contributed by atoms with Gasteiger partial charge in [-0.1, -0.05) is 30.0 Å². The number of nitrogens with one attached hydrogen (secondary N) is 1. The third-order valence-corrected chi connectivity index (χ3v) is 7.14. The van der Waals surface area contributed by atoms with E-state index in [2.05, 4.69) is 15.4 Å². The van der Waals surface area contributed by atoms with E-state index in [-0.39, 0.29) is 16.6 Å². The van der Waals surface area contributed by atoms with Crippen LogP contribution >= 0.6 is 11.8 Å². The van der Waals surface area contributed by atoms with Gasteiger partial charge in [-0.2, -0.15) is 5.10 Å². The number of sulfonamides is 1. The maximum Gasteiger partial charge on any atom is 0.244 e. The number of hydrogen-bond acceptors (Lipinski definition) is 6. The van der Waals surface area contributed by atoms with Gasteiger partial charge in [-0.3, -0.25) is 4.79 Å². The molecular formula is C20H23N5O3S2. The predicted molar refractivity (Wildman–Crippen MR) is 118 cm³/mol. The van der Waals surface area contributed by atoms with Crippen molar-refractivity contribution in [1.82, 2.24) is 19.1 Å².